The Bertz CT molecular complexity index is 382. The number of thioether (sulfide) groups is 1. The second-order valence-electron chi connectivity index (χ2n) is 4.11. The Labute approximate surface area is 109 Å². The van der Waals surface area contributed by atoms with E-state index >= 15 is 0 Å². The van der Waals surface area contributed by atoms with Gasteiger partial charge in [-0.05, 0) is 22.9 Å². The first-order valence-electron chi connectivity index (χ1n) is 5.51. The molecule has 102 valence electrons. The van der Waals surface area contributed by atoms with Crippen molar-refractivity contribution in [2.24, 2.45) is 5.73 Å². The first-order chi connectivity index (χ1) is 8.28. The lowest BCUT2D eigenvalue weighted by Crippen LogP contribution is -2.18. The average Bonchev–Trinajstić information content (AvgIpc) is 2.23. The molecule has 2 N–H and O–H groups in total. The molecule has 0 heterocycles. The van der Waals surface area contributed by atoms with Gasteiger partial charge in [0, 0.05) is 11.8 Å². The standard InChI is InChI=1S/C12H16F3NOS/c1-8(2)18-7-11(16)9-4-3-5-10(6-9)17-12(13,14)15/h3-6,8,11H,7,16H2,1-2H3. The highest BCUT2D eigenvalue weighted by Gasteiger charge is 2.31. The lowest BCUT2D eigenvalue weighted by Gasteiger charge is -2.15. The van der Waals surface area contributed by atoms with Crippen LogP contribution in [-0.2, 0) is 0 Å². The fraction of sp³-hybridized carbons (Fsp3) is 0.500. The second kappa shape index (κ2) is 6.33. The van der Waals surface area contributed by atoms with Crippen LogP contribution in [-0.4, -0.2) is 17.4 Å². The van der Waals surface area contributed by atoms with Crippen LogP contribution in [0.2, 0.25) is 0 Å². The van der Waals surface area contributed by atoms with E-state index in [1.807, 2.05) is 13.8 Å². The molecule has 0 amide bonds. The van der Waals surface area contributed by atoms with Crippen LogP contribution in [0.4, 0.5) is 13.2 Å². The summed E-state index contributed by atoms with van der Waals surface area (Å²) in [4.78, 5) is 0. The van der Waals surface area contributed by atoms with Gasteiger partial charge >= 0.3 is 6.36 Å². The van der Waals surface area contributed by atoms with Crippen LogP contribution in [0, 0.1) is 0 Å². The lowest BCUT2D eigenvalue weighted by atomic mass is 10.1. The molecule has 0 aromatic heterocycles. The second-order valence-corrected chi connectivity index (χ2v) is 5.72. The number of rotatable bonds is 5. The van der Waals surface area contributed by atoms with Crippen molar-refractivity contribution in [1.29, 1.82) is 0 Å². The third-order valence-electron chi connectivity index (χ3n) is 2.13. The number of hydrogen-bond acceptors (Lipinski definition) is 3. The highest BCUT2D eigenvalue weighted by atomic mass is 32.2. The van der Waals surface area contributed by atoms with E-state index in [0.717, 1.165) is 0 Å². The van der Waals surface area contributed by atoms with Crippen LogP contribution in [0.1, 0.15) is 25.5 Å². The molecular formula is C12H16F3NOS. The van der Waals surface area contributed by atoms with Gasteiger partial charge in [0.15, 0.2) is 0 Å². The Kier molecular flexibility index (Phi) is 5.34. The van der Waals surface area contributed by atoms with E-state index in [4.69, 9.17) is 5.73 Å². The van der Waals surface area contributed by atoms with Crippen molar-refractivity contribution in [2.75, 3.05) is 5.75 Å². The molecule has 0 aliphatic carbocycles. The molecule has 0 fully saturated rings. The fourth-order valence-corrected chi connectivity index (χ4v) is 2.12. The molecule has 0 radical (unpaired) electrons. The van der Waals surface area contributed by atoms with Crippen LogP contribution in [0.15, 0.2) is 24.3 Å². The third kappa shape index (κ3) is 5.64. The summed E-state index contributed by atoms with van der Waals surface area (Å²) in [6, 6.07) is 5.51. The number of nitrogens with two attached hydrogens (primary N) is 1. The van der Waals surface area contributed by atoms with Gasteiger partial charge in [-0.1, -0.05) is 26.0 Å². The number of ether oxygens (including phenoxy) is 1. The molecule has 1 rings (SSSR count). The number of halogens is 3. The number of alkyl halides is 3. The summed E-state index contributed by atoms with van der Waals surface area (Å²) < 4.78 is 40.1. The van der Waals surface area contributed by atoms with Crippen molar-refractivity contribution in [3.8, 4) is 5.75 Å². The fourth-order valence-electron chi connectivity index (χ4n) is 1.33. The van der Waals surface area contributed by atoms with E-state index in [2.05, 4.69) is 4.74 Å². The molecule has 0 saturated carbocycles. The maximum absolute atomic E-state index is 12.1. The highest BCUT2D eigenvalue weighted by molar-refractivity contribution is 7.99. The van der Waals surface area contributed by atoms with Gasteiger partial charge in [0.2, 0.25) is 0 Å². The zero-order chi connectivity index (χ0) is 13.8. The van der Waals surface area contributed by atoms with Gasteiger partial charge in [-0.25, -0.2) is 0 Å². The van der Waals surface area contributed by atoms with Gasteiger partial charge in [0.05, 0.1) is 0 Å². The first kappa shape index (κ1) is 15.2. The number of hydrogen-bond donors (Lipinski definition) is 1. The summed E-state index contributed by atoms with van der Waals surface area (Å²) in [5, 5.41) is 0.436. The van der Waals surface area contributed by atoms with Crippen molar-refractivity contribution in [2.45, 2.75) is 31.5 Å². The summed E-state index contributed by atoms with van der Waals surface area (Å²) in [6.07, 6.45) is -4.67. The third-order valence-corrected chi connectivity index (χ3v) is 3.35. The Morgan fingerprint density at radius 3 is 2.56 bits per heavy atom. The predicted molar refractivity (Wildman–Crippen MR) is 67.6 cm³/mol. The summed E-state index contributed by atoms with van der Waals surface area (Å²) in [6.45, 7) is 4.08. The van der Waals surface area contributed by atoms with Gasteiger partial charge in [0.1, 0.15) is 5.75 Å². The molecule has 18 heavy (non-hydrogen) atoms. The van der Waals surface area contributed by atoms with Crippen molar-refractivity contribution in [1.82, 2.24) is 0 Å². The molecule has 0 aliphatic heterocycles. The van der Waals surface area contributed by atoms with Crippen LogP contribution in [0.5, 0.6) is 5.75 Å². The minimum absolute atomic E-state index is 0.231. The summed E-state index contributed by atoms with van der Waals surface area (Å²) >= 11 is 1.67. The first-order valence-corrected chi connectivity index (χ1v) is 6.55. The maximum Gasteiger partial charge on any atom is 0.573 e. The van der Waals surface area contributed by atoms with Gasteiger partial charge in [-0.2, -0.15) is 11.8 Å². The van der Waals surface area contributed by atoms with Gasteiger partial charge in [-0.3, -0.25) is 0 Å². The Morgan fingerprint density at radius 1 is 1.33 bits per heavy atom. The SMILES string of the molecule is CC(C)SCC(N)c1cccc(OC(F)(F)F)c1. The molecule has 2 nitrogen and oxygen atoms in total. The van der Waals surface area contributed by atoms with E-state index in [-0.39, 0.29) is 11.8 Å². The molecule has 0 spiro atoms. The summed E-state index contributed by atoms with van der Waals surface area (Å²) in [5.74, 6) is 0.428. The summed E-state index contributed by atoms with van der Waals surface area (Å²) in [7, 11) is 0. The predicted octanol–water partition coefficient (Wildman–Crippen LogP) is 3.73. The summed E-state index contributed by atoms with van der Waals surface area (Å²) in [5.41, 5.74) is 6.56. The zero-order valence-corrected chi connectivity index (χ0v) is 11.0. The van der Waals surface area contributed by atoms with Gasteiger partial charge < -0.3 is 10.5 Å². The van der Waals surface area contributed by atoms with E-state index in [1.54, 1.807) is 17.8 Å². The Morgan fingerprint density at radius 2 is 2.00 bits per heavy atom. The highest BCUT2D eigenvalue weighted by Crippen LogP contribution is 2.26. The maximum atomic E-state index is 12.1. The quantitative estimate of drug-likeness (QED) is 0.892. The average molecular weight is 279 g/mol. The van der Waals surface area contributed by atoms with E-state index < -0.39 is 6.36 Å². The van der Waals surface area contributed by atoms with Crippen molar-refractivity contribution in [3.05, 3.63) is 29.8 Å². The van der Waals surface area contributed by atoms with E-state index in [0.29, 0.717) is 16.6 Å². The van der Waals surface area contributed by atoms with Crippen LogP contribution in [0.25, 0.3) is 0 Å². The van der Waals surface area contributed by atoms with Gasteiger partial charge in [-0.15, -0.1) is 13.2 Å². The molecule has 6 heteroatoms. The molecule has 1 aromatic carbocycles. The smallest absolute Gasteiger partial charge is 0.406 e. The molecule has 1 unspecified atom stereocenters. The van der Waals surface area contributed by atoms with Crippen LogP contribution < -0.4 is 10.5 Å². The molecule has 0 saturated heterocycles. The van der Waals surface area contributed by atoms with Crippen LogP contribution in [0.3, 0.4) is 0 Å². The topological polar surface area (TPSA) is 35.2 Å². The van der Waals surface area contributed by atoms with Crippen molar-refractivity contribution in [3.63, 3.8) is 0 Å². The number of benzene rings is 1. The normalized spacial score (nSPS) is 13.7. The largest absolute Gasteiger partial charge is 0.573 e. The van der Waals surface area contributed by atoms with Crippen molar-refractivity contribution < 1.29 is 17.9 Å². The minimum Gasteiger partial charge on any atom is -0.406 e. The molecule has 0 bridgehead atoms. The Balaban J connectivity index is 2.69. The molecule has 1 aromatic rings. The van der Waals surface area contributed by atoms with E-state index in [1.165, 1.54) is 18.2 Å². The molecule has 0 aliphatic rings. The molecule has 1 atom stereocenters. The zero-order valence-electron chi connectivity index (χ0n) is 10.2. The lowest BCUT2D eigenvalue weighted by molar-refractivity contribution is -0.274. The molecular weight excluding hydrogens is 263 g/mol. The van der Waals surface area contributed by atoms with Crippen LogP contribution >= 0.6 is 11.8 Å². The van der Waals surface area contributed by atoms with Crippen molar-refractivity contribution >= 4 is 11.8 Å². The van der Waals surface area contributed by atoms with Gasteiger partial charge in [0.25, 0.3) is 0 Å². The van der Waals surface area contributed by atoms with E-state index in [9.17, 15) is 13.2 Å². The monoisotopic (exact) mass is 279 g/mol. The Hall–Kier alpha value is -0.880. The minimum atomic E-state index is -4.67.